The lowest BCUT2D eigenvalue weighted by molar-refractivity contribution is 0.0979. The minimum absolute atomic E-state index is 0.0667. The van der Waals surface area contributed by atoms with Gasteiger partial charge in [0.15, 0.2) is 11.6 Å². The van der Waals surface area contributed by atoms with Gasteiger partial charge in [-0.15, -0.1) is 0 Å². The summed E-state index contributed by atoms with van der Waals surface area (Å²) in [6.07, 6.45) is 1.46. The molecule has 0 saturated heterocycles. The summed E-state index contributed by atoms with van der Waals surface area (Å²) in [5.74, 6) is 0.253. The first-order valence-corrected chi connectivity index (χ1v) is 6.86. The molecular weight excluding hydrogens is 248 g/mol. The summed E-state index contributed by atoms with van der Waals surface area (Å²) in [5, 5.41) is 0. The first-order valence-electron chi connectivity index (χ1n) is 6.86. The van der Waals surface area contributed by atoms with Crippen LogP contribution in [0.3, 0.4) is 0 Å². The molecule has 102 valence electrons. The van der Waals surface area contributed by atoms with Gasteiger partial charge >= 0.3 is 0 Å². The molecule has 0 bridgehead atoms. The van der Waals surface area contributed by atoms with Crippen molar-refractivity contribution in [2.75, 3.05) is 0 Å². The molecular formula is C18H18O2. The summed E-state index contributed by atoms with van der Waals surface area (Å²) >= 11 is 0. The zero-order valence-corrected chi connectivity index (χ0v) is 11.8. The molecule has 0 amide bonds. The first-order chi connectivity index (χ1) is 9.61. The maximum atomic E-state index is 11.8. The van der Waals surface area contributed by atoms with Gasteiger partial charge in [0.1, 0.15) is 0 Å². The summed E-state index contributed by atoms with van der Waals surface area (Å²) in [6.45, 7) is 3.56. The molecule has 2 nitrogen and oxygen atoms in total. The monoisotopic (exact) mass is 266 g/mol. The molecule has 2 aromatic carbocycles. The fourth-order valence-corrected chi connectivity index (χ4v) is 2.12. The van der Waals surface area contributed by atoms with E-state index in [1.807, 2.05) is 55.5 Å². The van der Waals surface area contributed by atoms with Crippen LogP contribution in [0.25, 0.3) is 11.1 Å². The van der Waals surface area contributed by atoms with Crippen molar-refractivity contribution in [3.05, 3.63) is 59.7 Å². The molecule has 20 heavy (non-hydrogen) atoms. The SMILES string of the molecule is CCCC(=O)c1ccc(-c2ccc(C(C)=O)cc2)cc1. The van der Waals surface area contributed by atoms with Crippen molar-refractivity contribution in [3.8, 4) is 11.1 Å². The molecule has 0 aliphatic rings. The number of benzene rings is 2. The highest BCUT2D eigenvalue weighted by atomic mass is 16.1. The predicted molar refractivity (Wildman–Crippen MR) is 81.1 cm³/mol. The van der Waals surface area contributed by atoms with Gasteiger partial charge in [0.05, 0.1) is 0 Å². The van der Waals surface area contributed by atoms with Gasteiger partial charge in [-0.3, -0.25) is 9.59 Å². The standard InChI is InChI=1S/C18H18O2/c1-3-4-18(20)17-11-9-16(10-12-17)15-7-5-14(6-8-15)13(2)19/h5-12H,3-4H2,1-2H3. The van der Waals surface area contributed by atoms with Crippen molar-refractivity contribution < 1.29 is 9.59 Å². The van der Waals surface area contributed by atoms with Gasteiger partial charge in [0, 0.05) is 17.5 Å². The van der Waals surface area contributed by atoms with Crippen LogP contribution in [0.4, 0.5) is 0 Å². The fraction of sp³-hybridized carbons (Fsp3) is 0.222. The molecule has 2 rings (SSSR count). The molecule has 0 radical (unpaired) electrons. The lowest BCUT2D eigenvalue weighted by atomic mass is 9.99. The molecule has 0 atom stereocenters. The Hall–Kier alpha value is -2.22. The van der Waals surface area contributed by atoms with Crippen LogP contribution in [0.5, 0.6) is 0 Å². The van der Waals surface area contributed by atoms with E-state index in [1.54, 1.807) is 6.92 Å². The minimum Gasteiger partial charge on any atom is -0.295 e. The summed E-state index contributed by atoms with van der Waals surface area (Å²) < 4.78 is 0. The summed E-state index contributed by atoms with van der Waals surface area (Å²) in [5.41, 5.74) is 3.57. The van der Waals surface area contributed by atoms with E-state index in [2.05, 4.69) is 0 Å². The third kappa shape index (κ3) is 3.21. The van der Waals surface area contributed by atoms with Crippen LogP contribution in [0, 0.1) is 0 Å². The van der Waals surface area contributed by atoms with E-state index < -0.39 is 0 Å². The topological polar surface area (TPSA) is 34.1 Å². The Morgan fingerprint density at radius 3 is 1.65 bits per heavy atom. The largest absolute Gasteiger partial charge is 0.295 e. The Morgan fingerprint density at radius 1 is 0.800 bits per heavy atom. The van der Waals surface area contributed by atoms with Crippen LogP contribution in [0.2, 0.25) is 0 Å². The van der Waals surface area contributed by atoms with E-state index in [9.17, 15) is 9.59 Å². The van der Waals surface area contributed by atoms with Crippen LogP contribution < -0.4 is 0 Å². The van der Waals surface area contributed by atoms with Gasteiger partial charge in [-0.05, 0) is 24.5 Å². The maximum Gasteiger partial charge on any atom is 0.162 e. The van der Waals surface area contributed by atoms with Gasteiger partial charge in [-0.25, -0.2) is 0 Å². The highest BCUT2D eigenvalue weighted by molar-refractivity contribution is 5.96. The summed E-state index contributed by atoms with van der Waals surface area (Å²) in [4.78, 5) is 23.0. The van der Waals surface area contributed by atoms with Crippen LogP contribution >= 0.6 is 0 Å². The Labute approximate surface area is 119 Å². The molecule has 0 unspecified atom stereocenters. The van der Waals surface area contributed by atoms with E-state index in [4.69, 9.17) is 0 Å². The van der Waals surface area contributed by atoms with E-state index in [1.165, 1.54) is 0 Å². The minimum atomic E-state index is 0.0667. The molecule has 0 aliphatic carbocycles. The van der Waals surface area contributed by atoms with Crippen LogP contribution in [0.1, 0.15) is 47.4 Å². The zero-order valence-electron chi connectivity index (χ0n) is 11.8. The average Bonchev–Trinajstić information content (AvgIpc) is 2.48. The number of carbonyl (C=O) groups excluding carboxylic acids is 2. The fourth-order valence-electron chi connectivity index (χ4n) is 2.12. The van der Waals surface area contributed by atoms with Gasteiger partial charge in [-0.1, -0.05) is 55.5 Å². The second-order valence-corrected chi connectivity index (χ2v) is 4.88. The normalized spacial score (nSPS) is 10.3. The molecule has 0 N–H and O–H groups in total. The second kappa shape index (κ2) is 6.29. The highest BCUT2D eigenvalue weighted by Crippen LogP contribution is 2.21. The van der Waals surface area contributed by atoms with Crippen molar-refractivity contribution in [1.29, 1.82) is 0 Å². The lowest BCUT2D eigenvalue weighted by Gasteiger charge is -2.04. The van der Waals surface area contributed by atoms with Gasteiger partial charge in [0.2, 0.25) is 0 Å². The van der Waals surface area contributed by atoms with E-state index in [0.717, 1.165) is 23.1 Å². The number of hydrogen-bond acceptors (Lipinski definition) is 2. The third-order valence-electron chi connectivity index (χ3n) is 3.31. The summed E-state index contributed by atoms with van der Waals surface area (Å²) in [7, 11) is 0. The maximum absolute atomic E-state index is 11.8. The quantitative estimate of drug-likeness (QED) is 0.744. The number of carbonyl (C=O) groups is 2. The Kier molecular flexibility index (Phi) is 4.46. The molecule has 0 aliphatic heterocycles. The van der Waals surface area contributed by atoms with E-state index in [-0.39, 0.29) is 11.6 Å². The highest BCUT2D eigenvalue weighted by Gasteiger charge is 2.05. The molecule has 0 aromatic heterocycles. The Morgan fingerprint density at radius 2 is 1.25 bits per heavy atom. The van der Waals surface area contributed by atoms with Gasteiger partial charge < -0.3 is 0 Å². The van der Waals surface area contributed by atoms with Crippen LogP contribution in [0.15, 0.2) is 48.5 Å². The van der Waals surface area contributed by atoms with E-state index in [0.29, 0.717) is 12.0 Å². The lowest BCUT2D eigenvalue weighted by Crippen LogP contribution is -1.97. The van der Waals surface area contributed by atoms with E-state index >= 15 is 0 Å². The van der Waals surface area contributed by atoms with Crippen LogP contribution in [-0.2, 0) is 0 Å². The summed E-state index contributed by atoms with van der Waals surface area (Å²) in [6, 6.07) is 15.1. The third-order valence-corrected chi connectivity index (χ3v) is 3.31. The van der Waals surface area contributed by atoms with Gasteiger partial charge in [0.25, 0.3) is 0 Å². The number of ketones is 2. The van der Waals surface area contributed by atoms with Crippen molar-refractivity contribution in [1.82, 2.24) is 0 Å². The van der Waals surface area contributed by atoms with Crippen molar-refractivity contribution >= 4 is 11.6 Å². The first kappa shape index (κ1) is 14.2. The molecule has 0 fully saturated rings. The van der Waals surface area contributed by atoms with Crippen molar-refractivity contribution in [2.24, 2.45) is 0 Å². The number of Topliss-reactive ketones (excluding diaryl/α,β-unsaturated/α-hetero) is 2. The van der Waals surface area contributed by atoms with Crippen LogP contribution in [-0.4, -0.2) is 11.6 Å². The molecule has 0 spiro atoms. The second-order valence-electron chi connectivity index (χ2n) is 4.88. The molecule has 2 aromatic rings. The predicted octanol–water partition coefficient (Wildman–Crippen LogP) is 4.54. The molecule has 0 saturated carbocycles. The van der Waals surface area contributed by atoms with Gasteiger partial charge in [-0.2, -0.15) is 0 Å². The van der Waals surface area contributed by atoms with Crippen molar-refractivity contribution in [3.63, 3.8) is 0 Å². The van der Waals surface area contributed by atoms with Crippen molar-refractivity contribution in [2.45, 2.75) is 26.7 Å². The molecule has 0 heterocycles. The molecule has 2 heteroatoms. The Bertz CT molecular complexity index is 607. The Balaban J connectivity index is 2.21. The smallest absolute Gasteiger partial charge is 0.162 e. The average molecular weight is 266 g/mol. The number of hydrogen-bond donors (Lipinski definition) is 0. The number of rotatable bonds is 5. The zero-order chi connectivity index (χ0) is 14.5.